The normalized spacial score (nSPS) is 17.3. The molecule has 1 aliphatic carbocycles. The van der Waals surface area contributed by atoms with Gasteiger partial charge in [-0.15, -0.1) is 0 Å². The van der Waals surface area contributed by atoms with Gasteiger partial charge in [0.25, 0.3) is 0 Å². The van der Waals surface area contributed by atoms with E-state index >= 15 is 0 Å². The first kappa shape index (κ1) is 26.7. The van der Waals surface area contributed by atoms with Crippen LogP contribution in [0.4, 0.5) is 5.69 Å². The Balaban J connectivity index is 1.42. The van der Waals surface area contributed by atoms with E-state index in [0.29, 0.717) is 13.1 Å². The number of pyridine rings is 3. The predicted molar refractivity (Wildman–Crippen MR) is 153 cm³/mol. The number of amides is 1. The monoisotopic (exact) mass is 520 g/mol. The fraction of sp³-hybridized carbons (Fsp3) is 0.312. The zero-order valence-corrected chi connectivity index (χ0v) is 22.3. The molecule has 0 bridgehead atoms. The highest BCUT2D eigenvalue weighted by atomic mass is 16.2. The number of para-hydroxylation sites is 1. The largest absolute Gasteiger partial charge is 0.325 e. The van der Waals surface area contributed by atoms with Crippen LogP contribution in [0.15, 0.2) is 104 Å². The highest BCUT2D eigenvalue weighted by Gasteiger charge is 2.35. The van der Waals surface area contributed by atoms with E-state index in [1.807, 2.05) is 91.4 Å². The van der Waals surface area contributed by atoms with Crippen LogP contribution in [0.25, 0.3) is 0 Å². The van der Waals surface area contributed by atoms with E-state index in [9.17, 15) is 4.79 Å². The van der Waals surface area contributed by atoms with Crippen LogP contribution in [0.5, 0.6) is 0 Å². The minimum Gasteiger partial charge on any atom is -0.325 e. The average molecular weight is 521 g/mol. The standard InChI is InChI=1S/C32H36N6O/c39-32(36-26-12-2-1-3-13-26)25-38(24-29-16-8-11-21-35-29)31-18-5-4-17-30(31)37(22-27-14-6-9-19-33-27)23-28-15-7-10-20-34-28/h1-3,6-16,19-21,30-31H,4-5,17-18,22-25H2,(H,36,39)/t30?,31-/m0/s1. The predicted octanol–water partition coefficient (Wildman–Crippen LogP) is 5.33. The third-order valence-corrected chi connectivity index (χ3v) is 7.31. The number of nitrogens with zero attached hydrogens (tertiary/aromatic N) is 5. The van der Waals surface area contributed by atoms with Crippen LogP contribution >= 0.6 is 0 Å². The third-order valence-electron chi connectivity index (χ3n) is 7.31. The van der Waals surface area contributed by atoms with Gasteiger partial charge in [0.15, 0.2) is 0 Å². The SMILES string of the molecule is O=C(CN(Cc1ccccn1)[C@H]1CCCCC1N(Cc1ccccn1)Cc1ccccn1)Nc1ccccc1. The van der Waals surface area contributed by atoms with Crippen molar-refractivity contribution in [2.75, 3.05) is 11.9 Å². The zero-order chi connectivity index (χ0) is 26.7. The first-order valence-corrected chi connectivity index (χ1v) is 13.8. The van der Waals surface area contributed by atoms with Crippen molar-refractivity contribution >= 4 is 11.6 Å². The summed E-state index contributed by atoms with van der Waals surface area (Å²) in [5, 5.41) is 3.09. The van der Waals surface area contributed by atoms with Crippen molar-refractivity contribution in [2.24, 2.45) is 0 Å². The van der Waals surface area contributed by atoms with Crippen molar-refractivity contribution in [3.05, 3.63) is 121 Å². The second-order valence-corrected chi connectivity index (χ2v) is 10.1. The average Bonchev–Trinajstić information content (AvgIpc) is 2.99. The lowest BCUT2D eigenvalue weighted by Gasteiger charge is -2.45. The second kappa shape index (κ2) is 13.7. The van der Waals surface area contributed by atoms with Crippen LogP contribution in [0.3, 0.4) is 0 Å². The number of hydrogen-bond acceptors (Lipinski definition) is 6. The van der Waals surface area contributed by atoms with Gasteiger partial charge in [0.05, 0.1) is 23.6 Å². The quantitative estimate of drug-likeness (QED) is 0.288. The van der Waals surface area contributed by atoms with Crippen molar-refractivity contribution in [2.45, 2.75) is 57.4 Å². The molecule has 0 saturated heterocycles. The van der Waals surface area contributed by atoms with E-state index in [-0.39, 0.29) is 18.0 Å². The number of hydrogen-bond donors (Lipinski definition) is 1. The molecule has 5 rings (SSSR count). The summed E-state index contributed by atoms with van der Waals surface area (Å²) in [4.78, 5) is 32.0. The van der Waals surface area contributed by atoms with Gasteiger partial charge in [-0.05, 0) is 61.4 Å². The smallest absolute Gasteiger partial charge is 0.238 e. The van der Waals surface area contributed by atoms with E-state index in [4.69, 9.17) is 0 Å². The van der Waals surface area contributed by atoms with Gasteiger partial charge >= 0.3 is 0 Å². The molecule has 39 heavy (non-hydrogen) atoms. The zero-order valence-electron chi connectivity index (χ0n) is 22.3. The molecule has 7 nitrogen and oxygen atoms in total. The maximum absolute atomic E-state index is 13.3. The lowest BCUT2D eigenvalue weighted by molar-refractivity contribution is -0.118. The molecule has 0 aliphatic heterocycles. The van der Waals surface area contributed by atoms with Crippen molar-refractivity contribution in [1.82, 2.24) is 24.8 Å². The Morgan fingerprint density at radius 3 is 1.59 bits per heavy atom. The highest BCUT2D eigenvalue weighted by molar-refractivity contribution is 5.92. The van der Waals surface area contributed by atoms with Gasteiger partial charge in [-0.25, -0.2) is 0 Å². The molecular formula is C32H36N6O. The summed E-state index contributed by atoms with van der Waals surface area (Å²) in [5.41, 5.74) is 3.86. The Hall–Kier alpha value is -3.94. The van der Waals surface area contributed by atoms with Gasteiger partial charge in [-0.2, -0.15) is 0 Å². The second-order valence-electron chi connectivity index (χ2n) is 10.1. The minimum absolute atomic E-state index is 0.0116. The summed E-state index contributed by atoms with van der Waals surface area (Å²) in [5.74, 6) is -0.0116. The molecule has 0 radical (unpaired) electrons. The summed E-state index contributed by atoms with van der Waals surface area (Å²) in [6.45, 7) is 2.37. The van der Waals surface area contributed by atoms with Crippen LogP contribution in [0, 0.1) is 0 Å². The van der Waals surface area contributed by atoms with Crippen LogP contribution < -0.4 is 5.32 Å². The molecule has 2 atom stereocenters. The Kier molecular flexibility index (Phi) is 9.39. The maximum Gasteiger partial charge on any atom is 0.238 e. The molecule has 1 fully saturated rings. The molecule has 1 aliphatic rings. The van der Waals surface area contributed by atoms with Gasteiger partial charge < -0.3 is 5.32 Å². The molecule has 7 heteroatoms. The molecule has 4 aromatic rings. The molecule has 3 aromatic heterocycles. The fourth-order valence-corrected chi connectivity index (χ4v) is 5.53. The van der Waals surface area contributed by atoms with Crippen LogP contribution in [0.2, 0.25) is 0 Å². The molecule has 1 N–H and O–H groups in total. The van der Waals surface area contributed by atoms with E-state index < -0.39 is 0 Å². The van der Waals surface area contributed by atoms with Gasteiger partial charge in [-0.3, -0.25) is 29.5 Å². The number of anilines is 1. The van der Waals surface area contributed by atoms with Gasteiger partial charge in [0, 0.05) is 56.0 Å². The van der Waals surface area contributed by atoms with Crippen LogP contribution in [-0.2, 0) is 24.4 Å². The van der Waals surface area contributed by atoms with E-state index in [1.165, 1.54) is 0 Å². The van der Waals surface area contributed by atoms with E-state index in [2.05, 4.69) is 42.2 Å². The van der Waals surface area contributed by atoms with Gasteiger partial charge in [-0.1, -0.05) is 49.2 Å². The van der Waals surface area contributed by atoms with Gasteiger partial charge in [0.1, 0.15) is 0 Å². The van der Waals surface area contributed by atoms with Crippen LogP contribution in [-0.4, -0.2) is 49.3 Å². The molecule has 0 spiro atoms. The van der Waals surface area contributed by atoms with Crippen molar-refractivity contribution < 1.29 is 4.79 Å². The molecule has 1 saturated carbocycles. The summed E-state index contributed by atoms with van der Waals surface area (Å²) >= 11 is 0. The minimum atomic E-state index is -0.0116. The number of benzene rings is 1. The summed E-state index contributed by atoms with van der Waals surface area (Å²) in [6, 6.07) is 28.3. The molecule has 200 valence electrons. The Labute approximate surface area is 231 Å². The molecule has 1 aromatic carbocycles. The molecule has 3 heterocycles. The third kappa shape index (κ3) is 7.78. The number of rotatable bonds is 11. The summed E-state index contributed by atoms with van der Waals surface area (Å²) < 4.78 is 0. The number of nitrogens with one attached hydrogen (secondary N) is 1. The Morgan fingerprint density at radius 1 is 0.641 bits per heavy atom. The van der Waals surface area contributed by atoms with E-state index in [1.54, 1.807) is 0 Å². The van der Waals surface area contributed by atoms with Crippen LogP contribution in [0.1, 0.15) is 42.8 Å². The molecule has 1 amide bonds. The van der Waals surface area contributed by atoms with Crippen molar-refractivity contribution in [1.29, 1.82) is 0 Å². The first-order chi connectivity index (χ1) is 19.2. The summed E-state index contributed by atoms with van der Waals surface area (Å²) in [7, 11) is 0. The maximum atomic E-state index is 13.3. The number of aromatic nitrogens is 3. The lowest BCUT2D eigenvalue weighted by atomic mass is 9.87. The fourth-order valence-electron chi connectivity index (χ4n) is 5.53. The summed E-state index contributed by atoms with van der Waals surface area (Å²) in [6.07, 6.45) is 9.92. The lowest BCUT2D eigenvalue weighted by Crippen LogP contribution is -2.54. The van der Waals surface area contributed by atoms with Gasteiger partial charge in [0.2, 0.25) is 5.91 Å². The number of carbonyl (C=O) groups is 1. The Morgan fingerprint density at radius 2 is 1.10 bits per heavy atom. The van der Waals surface area contributed by atoms with E-state index in [0.717, 1.165) is 61.5 Å². The number of carbonyl (C=O) groups excluding carboxylic acids is 1. The molecular weight excluding hydrogens is 484 g/mol. The first-order valence-electron chi connectivity index (χ1n) is 13.8. The highest BCUT2D eigenvalue weighted by Crippen LogP contribution is 2.30. The Bertz CT molecular complexity index is 1230. The van der Waals surface area contributed by atoms with Crippen molar-refractivity contribution in [3.8, 4) is 0 Å². The molecule has 1 unspecified atom stereocenters. The van der Waals surface area contributed by atoms with Crippen molar-refractivity contribution in [3.63, 3.8) is 0 Å². The topological polar surface area (TPSA) is 74.2 Å².